The van der Waals surface area contributed by atoms with E-state index in [1.54, 1.807) is 6.92 Å². The lowest BCUT2D eigenvalue weighted by Crippen LogP contribution is -2.33. The number of halogens is 1. The molecule has 0 aromatic carbocycles. The van der Waals surface area contributed by atoms with Crippen LogP contribution < -0.4 is 10.6 Å². The fourth-order valence-corrected chi connectivity index (χ4v) is 3.30. The molecular weight excluding hydrogens is 509 g/mol. The first-order chi connectivity index (χ1) is 18.7. The zero-order valence-corrected chi connectivity index (χ0v) is 26.1. The second kappa shape index (κ2) is 19.4. The second-order valence-electron chi connectivity index (χ2n) is 9.85. The molecule has 0 saturated heterocycles. The number of ether oxygens (including phenoxy) is 1. The van der Waals surface area contributed by atoms with Crippen molar-refractivity contribution in [1.29, 1.82) is 0 Å². The van der Waals surface area contributed by atoms with Gasteiger partial charge in [-0.25, -0.2) is 9.38 Å². The number of carboxylic acid groups (broad SMARTS) is 1. The summed E-state index contributed by atoms with van der Waals surface area (Å²) in [5.41, 5.74) is 4.20. The third kappa shape index (κ3) is 15.1. The SMILES string of the molecule is C=C(/N=C1/N=C(C)N/C1=C/C)OC.CC(=O)O.CC/C(=C\C=C(\C)C(C)F)C1=CC=C(N(C)CCC(C)C)NC1. The van der Waals surface area contributed by atoms with Gasteiger partial charge < -0.3 is 25.4 Å². The van der Waals surface area contributed by atoms with Crippen molar-refractivity contribution in [3.05, 3.63) is 71.1 Å². The van der Waals surface area contributed by atoms with Crippen LogP contribution in [0.15, 0.2) is 81.1 Å². The molecule has 2 aliphatic heterocycles. The van der Waals surface area contributed by atoms with E-state index in [4.69, 9.17) is 14.6 Å². The summed E-state index contributed by atoms with van der Waals surface area (Å²) in [5.74, 6) is 2.86. The Balaban J connectivity index is 0.000000748. The highest BCUT2D eigenvalue weighted by Crippen LogP contribution is 2.19. The molecule has 1 atom stereocenters. The molecule has 0 spiro atoms. The molecule has 0 aliphatic carbocycles. The molecule has 0 aromatic rings. The summed E-state index contributed by atoms with van der Waals surface area (Å²) in [4.78, 5) is 19.5. The fraction of sp³-hybridized carbons (Fsp3) is 0.516. The fourth-order valence-electron chi connectivity index (χ4n) is 3.30. The number of amidine groups is 2. The van der Waals surface area contributed by atoms with Gasteiger partial charge >= 0.3 is 0 Å². The van der Waals surface area contributed by atoms with Gasteiger partial charge in [0.25, 0.3) is 5.97 Å². The van der Waals surface area contributed by atoms with Gasteiger partial charge in [0.15, 0.2) is 5.84 Å². The van der Waals surface area contributed by atoms with Crippen LogP contribution in [0.2, 0.25) is 0 Å². The minimum atomic E-state index is -0.885. The van der Waals surface area contributed by atoms with Crippen LogP contribution in [0.5, 0.6) is 0 Å². The Kier molecular flexibility index (Phi) is 17.7. The van der Waals surface area contributed by atoms with Crippen molar-refractivity contribution in [2.75, 3.05) is 27.2 Å². The summed E-state index contributed by atoms with van der Waals surface area (Å²) in [6.45, 7) is 20.4. The van der Waals surface area contributed by atoms with Crippen molar-refractivity contribution in [3.8, 4) is 0 Å². The minimum absolute atomic E-state index is 0.356. The Bertz CT molecular complexity index is 1060. The van der Waals surface area contributed by atoms with Crippen LogP contribution in [-0.2, 0) is 9.53 Å². The maximum absolute atomic E-state index is 13.2. The number of nitrogens with one attached hydrogen (secondary N) is 2. The van der Waals surface area contributed by atoms with Crippen LogP contribution in [0.25, 0.3) is 0 Å². The topological polar surface area (TPSA) is 98.5 Å². The Labute approximate surface area is 240 Å². The molecule has 0 bridgehead atoms. The maximum Gasteiger partial charge on any atom is 0.300 e. The van der Waals surface area contributed by atoms with Gasteiger partial charge in [-0.2, -0.15) is 4.99 Å². The number of methoxy groups -OCH3 is 1. The van der Waals surface area contributed by atoms with Gasteiger partial charge in [-0.15, -0.1) is 0 Å². The average molecular weight is 560 g/mol. The molecule has 0 radical (unpaired) electrons. The van der Waals surface area contributed by atoms with Crippen molar-refractivity contribution in [2.24, 2.45) is 15.9 Å². The largest absolute Gasteiger partial charge is 0.481 e. The first-order valence-electron chi connectivity index (χ1n) is 13.6. The molecule has 2 heterocycles. The predicted octanol–water partition coefficient (Wildman–Crippen LogP) is 6.49. The van der Waals surface area contributed by atoms with E-state index in [0.717, 1.165) is 49.5 Å². The van der Waals surface area contributed by atoms with Gasteiger partial charge in [-0.05, 0) is 75.8 Å². The Morgan fingerprint density at radius 1 is 1.30 bits per heavy atom. The van der Waals surface area contributed by atoms with Gasteiger partial charge in [-0.1, -0.05) is 45.1 Å². The minimum Gasteiger partial charge on any atom is -0.481 e. The van der Waals surface area contributed by atoms with Crippen LogP contribution >= 0.6 is 0 Å². The van der Waals surface area contributed by atoms with E-state index >= 15 is 0 Å². The molecule has 2 aliphatic rings. The Hall–Kier alpha value is -3.62. The number of hydrogen-bond acceptors (Lipinski definition) is 6. The maximum atomic E-state index is 13.2. The van der Waals surface area contributed by atoms with Crippen LogP contribution in [0.3, 0.4) is 0 Å². The zero-order chi connectivity index (χ0) is 30.8. The highest BCUT2D eigenvalue weighted by Gasteiger charge is 2.14. The smallest absolute Gasteiger partial charge is 0.300 e. The molecule has 2 rings (SSSR count). The normalized spacial score (nSPS) is 17.8. The average Bonchev–Trinajstić information content (AvgIpc) is 3.26. The number of rotatable bonds is 10. The number of dihydropyridines is 1. The van der Waals surface area contributed by atoms with Gasteiger partial charge in [0.05, 0.1) is 12.8 Å². The van der Waals surface area contributed by atoms with E-state index < -0.39 is 12.1 Å². The third-order valence-corrected chi connectivity index (χ3v) is 5.91. The monoisotopic (exact) mass is 559 g/mol. The summed E-state index contributed by atoms with van der Waals surface area (Å²) >= 11 is 0. The number of hydrogen-bond donors (Lipinski definition) is 3. The van der Waals surface area contributed by atoms with Crippen molar-refractivity contribution in [1.82, 2.24) is 15.5 Å². The molecule has 9 heteroatoms. The summed E-state index contributed by atoms with van der Waals surface area (Å²) in [6, 6.07) is 0. The van der Waals surface area contributed by atoms with E-state index in [2.05, 4.69) is 78.1 Å². The molecule has 8 nitrogen and oxygen atoms in total. The molecule has 0 fully saturated rings. The number of nitrogens with zero attached hydrogens (tertiary/aromatic N) is 3. The van der Waals surface area contributed by atoms with Gasteiger partial charge in [-0.3, -0.25) is 4.79 Å². The molecule has 1 unspecified atom stereocenters. The van der Waals surface area contributed by atoms with E-state index in [1.807, 2.05) is 32.9 Å². The van der Waals surface area contributed by atoms with Crippen LogP contribution in [0, 0.1) is 5.92 Å². The number of carboxylic acids is 1. The van der Waals surface area contributed by atoms with E-state index in [0.29, 0.717) is 11.7 Å². The highest BCUT2D eigenvalue weighted by molar-refractivity contribution is 6.13. The Morgan fingerprint density at radius 2 is 1.93 bits per heavy atom. The number of aliphatic carboxylic acids is 1. The first kappa shape index (κ1) is 36.4. The third-order valence-electron chi connectivity index (χ3n) is 5.91. The number of alkyl halides is 1. The van der Waals surface area contributed by atoms with Gasteiger partial charge in [0.2, 0.25) is 5.88 Å². The van der Waals surface area contributed by atoms with Crippen LogP contribution in [0.4, 0.5) is 4.39 Å². The predicted molar refractivity (Wildman–Crippen MR) is 166 cm³/mol. The molecule has 40 heavy (non-hydrogen) atoms. The zero-order valence-electron chi connectivity index (χ0n) is 26.1. The molecule has 3 N–H and O–H groups in total. The number of carbonyl (C=O) groups is 1. The van der Waals surface area contributed by atoms with Crippen LogP contribution in [0.1, 0.15) is 68.2 Å². The standard InChI is InChI=1S/C20H33FN2.C9H13N3O.C2H4O2/c1-7-18(9-8-16(4)17(5)21)19-10-11-20(22-14-19)23(6)13-12-15(2)3;1-5-8-9(11-6(2)10-8)12-7(3)13-4;1-2(3)4/h8-11,15,17,22H,7,12-14H2,1-6H3;5H,3H2,1-2,4H3,(H,10,11,12);1H3,(H,3,4)/b16-8-,18-9+;8-5+;. The Morgan fingerprint density at radius 3 is 2.38 bits per heavy atom. The lowest BCUT2D eigenvalue weighted by Gasteiger charge is -2.27. The van der Waals surface area contributed by atoms with Crippen molar-refractivity contribution in [2.45, 2.75) is 74.4 Å². The van der Waals surface area contributed by atoms with Crippen molar-refractivity contribution in [3.63, 3.8) is 0 Å². The van der Waals surface area contributed by atoms with Crippen molar-refractivity contribution < 1.29 is 19.0 Å². The molecule has 0 aromatic heterocycles. The highest BCUT2D eigenvalue weighted by atomic mass is 19.1. The molecular formula is C31H50FN5O3. The lowest BCUT2D eigenvalue weighted by molar-refractivity contribution is -0.134. The molecule has 224 valence electrons. The lowest BCUT2D eigenvalue weighted by atomic mass is 10.00. The summed E-state index contributed by atoms with van der Waals surface area (Å²) < 4.78 is 18.1. The van der Waals surface area contributed by atoms with E-state index in [9.17, 15) is 4.39 Å². The van der Waals surface area contributed by atoms with Gasteiger partial charge in [0.1, 0.15) is 17.8 Å². The van der Waals surface area contributed by atoms with Crippen LogP contribution in [-0.4, -0.2) is 61.1 Å². The van der Waals surface area contributed by atoms with E-state index in [-0.39, 0.29) is 0 Å². The summed E-state index contributed by atoms with van der Waals surface area (Å²) in [7, 11) is 3.66. The van der Waals surface area contributed by atoms with Gasteiger partial charge in [0, 0.05) is 27.1 Å². The molecule has 0 amide bonds. The summed E-state index contributed by atoms with van der Waals surface area (Å²) in [5, 5.41) is 14.0. The van der Waals surface area contributed by atoms with Crippen molar-refractivity contribution >= 4 is 17.6 Å². The number of aliphatic imine (C=N–C) groups is 2. The first-order valence-corrected chi connectivity index (χ1v) is 13.6. The summed E-state index contributed by atoms with van der Waals surface area (Å²) in [6.07, 6.45) is 11.5. The second-order valence-corrected chi connectivity index (χ2v) is 9.85. The van der Waals surface area contributed by atoms with E-state index in [1.165, 1.54) is 30.5 Å². The quantitative estimate of drug-likeness (QED) is 0.209. The molecule has 0 saturated carbocycles. The number of allylic oxidation sites excluding steroid dienone is 6.